The number of hydrogen-bond donors (Lipinski definition) is 1. The summed E-state index contributed by atoms with van der Waals surface area (Å²) in [5.74, 6) is 1.90. The Bertz CT molecular complexity index is 726. The third kappa shape index (κ3) is 3.35. The van der Waals surface area contributed by atoms with Gasteiger partial charge in [-0.3, -0.25) is 4.79 Å². The third-order valence-corrected chi connectivity index (χ3v) is 4.44. The highest BCUT2D eigenvalue weighted by atomic mass is 16.5. The Morgan fingerprint density at radius 3 is 2.92 bits per heavy atom. The van der Waals surface area contributed by atoms with Gasteiger partial charge >= 0.3 is 0 Å². The first-order valence-corrected chi connectivity index (χ1v) is 8.37. The van der Waals surface area contributed by atoms with Crippen LogP contribution in [-0.4, -0.2) is 24.1 Å². The number of benzene rings is 1. The van der Waals surface area contributed by atoms with Crippen LogP contribution in [0.5, 0.6) is 11.6 Å². The highest BCUT2D eigenvalue weighted by molar-refractivity contribution is 5.85. The molecule has 1 aromatic heterocycles. The minimum absolute atomic E-state index is 0.0194. The molecule has 24 heavy (non-hydrogen) atoms. The van der Waals surface area contributed by atoms with Crippen LogP contribution in [0.2, 0.25) is 0 Å². The van der Waals surface area contributed by atoms with Crippen LogP contribution in [0, 0.1) is 5.92 Å². The van der Waals surface area contributed by atoms with Gasteiger partial charge in [0.15, 0.2) is 0 Å². The maximum absolute atomic E-state index is 12.4. The molecule has 2 heterocycles. The van der Waals surface area contributed by atoms with E-state index in [1.54, 1.807) is 6.20 Å². The van der Waals surface area contributed by atoms with Gasteiger partial charge in [0.2, 0.25) is 11.8 Å². The lowest BCUT2D eigenvalue weighted by atomic mass is 10.0. The molecular formula is C19H20N2O3. The van der Waals surface area contributed by atoms with Crippen LogP contribution in [-0.2, 0) is 11.3 Å². The zero-order valence-electron chi connectivity index (χ0n) is 13.4. The molecule has 0 bridgehead atoms. The van der Waals surface area contributed by atoms with Gasteiger partial charge in [-0.2, -0.15) is 0 Å². The van der Waals surface area contributed by atoms with Crippen LogP contribution < -0.4 is 14.8 Å². The molecule has 0 spiro atoms. The SMILES string of the molecule is O=C(NCc1ccc(OCC2CC2)nc1)C1COc2ccccc21. The number of nitrogens with zero attached hydrogens (tertiary/aromatic N) is 1. The standard InChI is InChI=1S/C19H20N2O3/c22-19(16-12-23-17-4-2-1-3-15(16)17)21-10-14-7-8-18(20-9-14)24-11-13-5-6-13/h1-4,7-9,13,16H,5-6,10-12H2,(H,21,22). The number of rotatable bonds is 6. The topological polar surface area (TPSA) is 60.5 Å². The van der Waals surface area contributed by atoms with E-state index in [9.17, 15) is 4.79 Å². The van der Waals surface area contributed by atoms with Crippen molar-refractivity contribution in [3.8, 4) is 11.6 Å². The summed E-state index contributed by atoms with van der Waals surface area (Å²) in [5, 5.41) is 2.96. The summed E-state index contributed by atoms with van der Waals surface area (Å²) in [6, 6.07) is 11.5. The zero-order valence-corrected chi connectivity index (χ0v) is 13.4. The molecule has 0 saturated heterocycles. The maximum Gasteiger partial charge on any atom is 0.231 e. The van der Waals surface area contributed by atoms with Crippen LogP contribution >= 0.6 is 0 Å². The molecule has 1 amide bonds. The number of fused-ring (bicyclic) bond motifs is 1. The first kappa shape index (κ1) is 15.0. The third-order valence-electron chi connectivity index (χ3n) is 4.44. The van der Waals surface area contributed by atoms with Crippen molar-refractivity contribution in [2.24, 2.45) is 5.92 Å². The average molecular weight is 324 g/mol. The molecule has 1 N–H and O–H groups in total. The van der Waals surface area contributed by atoms with E-state index in [0.717, 1.165) is 23.5 Å². The normalized spacial score (nSPS) is 18.6. The molecule has 1 fully saturated rings. The molecule has 1 unspecified atom stereocenters. The molecule has 1 aromatic carbocycles. The highest BCUT2D eigenvalue weighted by Gasteiger charge is 2.29. The number of carbonyl (C=O) groups excluding carboxylic acids is 1. The predicted octanol–water partition coefficient (Wildman–Crippen LogP) is 2.66. The predicted molar refractivity (Wildman–Crippen MR) is 89.0 cm³/mol. The Morgan fingerprint density at radius 1 is 1.25 bits per heavy atom. The molecule has 5 nitrogen and oxygen atoms in total. The minimum Gasteiger partial charge on any atom is -0.492 e. The molecule has 5 heteroatoms. The number of aromatic nitrogens is 1. The molecule has 124 valence electrons. The Labute approximate surface area is 141 Å². The van der Waals surface area contributed by atoms with Crippen LogP contribution in [0.4, 0.5) is 0 Å². The minimum atomic E-state index is -0.240. The van der Waals surface area contributed by atoms with Gasteiger partial charge in [0, 0.05) is 24.4 Å². The van der Waals surface area contributed by atoms with Crippen molar-refractivity contribution in [1.82, 2.24) is 10.3 Å². The second kappa shape index (κ2) is 6.51. The lowest BCUT2D eigenvalue weighted by molar-refractivity contribution is -0.122. The average Bonchev–Trinajstić information content (AvgIpc) is 3.36. The number of amides is 1. The molecule has 1 atom stereocenters. The summed E-state index contributed by atoms with van der Waals surface area (Å²) in [4.78, 5) is 16.7. The van der Waals surface area contributed by atoms with Crippen molar-refractivity contribution >= 4 is 5.91 Å². The Kier molecular flexibility index (Phi) is 4.07. The van der Waals surface area contributed by atoms with Gasteiger partial charge in [-0.05, 0) is 30.4 Å². The smallest absolute Gasteiger partial charge is 0.231 e. The summed E-state index contributed by atoms with van der Waals surface area (Å²) in [6.07, 6.45) is 4.28. The fourth-order valence-electron chi connectivity index (χ4n) is 2.78. The van der Waals surface area contributed by atoms with Crippen molar-refractivity contribution in [3.63, 3.8) is 0 Å². The van der Waals surface area contributed by atoms with E-state index in [1.165, 1.54) is 12.8 Å². The van der Waals surface area contributed by atoms with Gasteiger partial charge in [-0.1, -0.05) is 24.3 Å². The van der Waals surface area contributed by atoms with E-state index >= 15 is 0 Å². The van der Waals surface area contributed by atoms with Crippen LogP contribution in [0.25, 0.3) is 0 Å². The van der Waals surface area contributed by atoms with Crippen LogP contribution in [0.1, 0.15) is 29.9 Å². The van der Waals surface area contributed by atoms with Crippen molar-refractivity contribution in [2.45, 2.75) is 25.3 Å². The summed E-state index contributed by atoms with van der Waals surface area (Å²) in [7, 11) is 0. The van der Waals surface area contributed by atoms with Crippen LogP contribution in [0.3, 0.4) is 0 Å². The molecule has 1 aliphatic carbocycles. The second-order valence-corrected chi connectivity index (χ2v) is 6.38. The van der Waals surface area contributed by atoms with E-state index in [-0.39, 0.29) is 11.8 Å². The summed E-state index contributed by atoms with van der Waals surface area (Å²) < 4.78 is 11.2. The van der Waals surface area contributed by atoms with Gasteiger partial charge in [-0.25, -0.2) is 4.98 Å². The summed E-state index contributed by atoms with van der Waals surface area (Å²) in [6.45, 7) is 1.61. The van der Waals surface area contributed by atoms with Gasteiger partial charge in [0.05, 0.1) is 6.61 Å². The molecule has 1 aliphatic heterocycles. The fraction of sp³-hybridized carbons (Fsp3) is 0.368. The zero-order chi connectivity index (χ0) is 16.4. The largest absolute Gasteiger partial charge is 0.492 e. The Balaban J connectivity index is 1.31. The molecule has 0 radical (unpaired) electrons. The number of nitrogens with one attached hydrogen (secondary N) is 1. The number of para-hydroxylation sites is 1. The maximum atomic E-state index is 12.4. The number of pyridine rings is 1. The van der Waals surface area contributed by atoms with Crippen molar-refractivity contribution < 1.29 is 14.3 Å². The fourth-order valence-corrected chi connectivity index (χ4v) is 2.78. The second-order valence-electron chi connectivity index (χ2n) is 6.38. The summed E-state index contributed by atoms with van der Waals surface area (Å²) in [5.41, 5.74) is 1.91. The summed E-state index contributed by atoms with van der Waals surface area (Å²) >= 11 is 0. The lowest BCUT2D eigenvalue weighted by Gasteiger charge is -2.10. The van der Waals surface area contributed by atoms with Gasteiger partial charge in [0.25, 0.3) is 0 Å². The van der Waals surface area contributed by atoms with E-state index < -0.39 is 0 Å². The first-order chi connectivity index (χ1) is 11.8. The molecule has 4 rings (SSSR count). The molecular weight excluding hydrogens is 304 g/mol. The molecule has 2 aliphatic rings. The number of carbonyl (C=O) groups is 1. The number of hydrogen-bond acceptors (Lipinski definition) is 4. The lowest BCUT2D eigenvalue weighted by Crippen LogP contribution is -2.29. The number of ether oxygens (including phenoxy) is 2. The molecule has 2 aromatic rings. The molecule has 1 saturated carbocycles. The quantitative estimate of drug-likeness (QED) is 0.887. The monoisotopic (exact) mass is 324 g/mol. The van der Waals surface area contributed by atoms with Crippen LogP contribution in [0.15, 0.2) is 42.6 Å². The van der Waals surface area contributed by atoms with E-state index in [4.69, 9.17) is 9.47 Å². The Morgan fingerprint density at radius 2 is 2.12 bits per heavy atom. The van der Waals surface area contributed by atoms with Crippen molar-refractivity contribution in [1.29, 1.82) is 0 Å². The van der Waals surface area contributed by atoms with E-state index in [0.29, 0.717) is 24.9 Å². The van der Waals surface area contributed by atoms with Crippen molar-refractivity contribution in [2.75, 3.05) is 13.2 Å². The Hall–Kier alpha value is -2.56. The van der Waals surface area contributed by atoms with Gasteiger partial charge < -0.3 is 14.8 Å². The van der Waals surface area contributed by atoms with Crippen molar-refractivity contribution in [3.05, 3.63) is 53.7 Å². The van der Waals surface area contributed by atoms with E-state index in [1.807, 2.05) is 36.4 Å². The van der Waals surface area contributed by atoms with Gasteiger partial charge in [-0.15, -0.1) is 0 Å². The first-order valence-electron chi connectivity index (χ1n) is 8.37. The highest BCUT2D eigenvalue weighted by Crippen LogP contribution is 2.33. The van der Waals surface area contributed by atoms with Gasteiger partial charge in [0.1, 0.15) is 18.3 Å². The van der Waals surface area contributed by atoms with E-state index in [2.05, 4.69) is 10.3 Å².